The Morgan fingerprint density at radius 1 is 0.889 bits per heavy atom. The maximum absolute atomic E-state index is 8.51. The van der Waals surface area contributed by atoms with E-state index in [2.05, 4.69) is 0 Å². The molecule has 0 fully saturated rings. The summed E-state index contributed by atoms with van der Waals surface area (Å²) in [5.74, 6) is 0. The predicted molar refractivity (Wildman–Crippen MR) is 37.7 cm³/mol. The molecule has 1 N–H and O–H groups in total. The molecule has 0 aliphatic carbocycles. The summed E-state index contributed by atoms with van der Waals surface area (Å²) in [5.41, 5.74) is 0. The van der Waals surface area contributed by atoms with Crippen LogP contribution in [0.5, 0.6) is 0 Å². The van der Waals surface area contributed by atoms with Crippen molar-refractivity contribution < 1.29 is 9.46 Å². The molecule has 0 aromatic heterocycles. The molecule has 1 rings (SSSR count). The summed E-state index contributed by atoms with van der Waals surface area (Å²) in [5, 5.41) is 0. The first kappa shape index (κ1) is 8.28. The second-order valence-corrected chi connectivity index (χ2v) is 1.43. The molecule has 3 heteroatoms. The van der Waals surface area contributed by atoms with Gasteiger partial charge in [-0.05, 0) is 4.57 Å². The zero-order chi connectivity index (χ0) is 6.95. The Morgan fingerprint density at radius 2 is 1.00 bits per heavy atom. The van der Waals surface area contributed by atoms with E-state index in [1.807, 2.05) is 36.4 Å². The highest BCUT2D eigenvalue weighted by atomic mass is 31.1. The molecule has 0 saturated heterocycles. The molecule has 1 unspecified atom stereocenters. The van der Waals surface area contributed by atoms with E-state index in [1.165, 1.54) is 0 Å². The summed E-state index contributed by atoms with van der Waals surface area (Å²) in [6.07, 6.45) is 0. The summed E-state index contributed by atoms with van der Waals surface area (Å²) < 4.78 is 8.51. The fourth-order valence-electron chi connectivity index (χ4n) is 0.385. The van der Waals surface area contributed by atoms with Crippen LogP contribution in [0.4, 0.5) is 0 Å². The highest BCUT2D eigenvalue weighted by molar-refractivity contribution is 7.16. The molecule has 0 spiro atoms. The van der Waals surface area contributed by atoms with Gasteiger partial charge in [0.2, 0.25) is 0 Å². The number of hydrogen-bond acceptors (Lipinski definition) is 1. The van der Waals surface area contributed by atoms with Gasteiger partial charge in [-0.1, -0.05) is 36.4 Å². The topological polar surface area (TPSA) is 37.3 Å². The number of rotatable bonds is 0. The van der Waals surface area contributed by atoms with Gasteiger partial charge in [-0.25, -0.2) is 0 Å². The van der Waals surface area contributed by atoms with Crippen molar-refractivity contribution in [1.29, 1.82) is 0 Å². The minimum atomic E-state index is -1.17. The molecule has 0 aliphatic rings. The van der Waals surface area contributed by atoms with Crippen LogP contribution in [-0.2, 0) is 4.57 Å². The Hall–Kier alpha value is -0.720. The Bertz CT molecular complexity index is 114. The lowest BCUT2D eigenvalue weighted by molar-refractivity contribution is 0.524. The van der Waals surface area contributed by atoms with E-state index < -0.39 is 8.69 Å². The molecule has 0 radical (unpaired) electrons. The first-order valence-corrected chi connectivity index (χ1v) is 3.28. The van der Waals surface area contributed by atoms with Crippen LogP contribution in [0.25, 0.3) is 0 Å². The lowest BCUT2D eigenvalue weighted by Gasteiger charge is -1.69. The molecule has 0 aliphatic heterocycles. The third-order valence-electron chi connectivity index (χ3n) is 0.667. The first-order valence-electron chi connectivity index (χ1n) is 2.43. The molecule has 1 aromatic carbocycles. The van der Waals surface area contributed by atoms with Crippen LogP contribution in [0.1, 0.15) is 0 Å². The van der Waals surface area contributed by atoms with Crippen LogP contribution in [0.2, 0.25) is 0 Å². The van der Waals surface area contributed by atoms with Gasteiger partial charge in [0.1, 0.15) is 0 Å². The molecule has 0 saturated carbocycles. The van der Waals surface area contributed by atoms with Crippen LogP contribution < -0.4 is 0 Å². The van der Waals surface area contributed by atoms with E-state index >= 15 is 0 Å². The molecule has 0 bridgehead atoms. The van der Waals surface area contributed by atoms with Crippen molar-refractivity contribution in [3.05, 3.63) is 36.4 Å². The zero-order valence-corrected chi connectivity index (χ0v) is 5.82. The van der Waals surface area contributed by atoms with Crippen LogP contribution >= 0.6 is 8.69 Å². The van der Waals surface area contributed by atoms with Gasteiger partial charge >= 0.3 is 8.69 Å². The fourth-order valence-corrected chi connectivity index (χ4v) is 0.385. The van der Waals surface area contributed by atoms with Crippen molar-refractivity contribution in [2.24, 2.45) is 0 Å². The van der Waals surface area contributed by atoms with Gasteiger partial charge in [0.05, 0.1) is 0 Å². The molecule has 9 heavy (non-hydrogen) atoms. The van der Waals surface area contributed by atoms with Crippen LogP contribution in [0.15, 0.2) is 36.4 Å². The van der Waals surface area contributed by atoms with Gasteiger partial charge < -0.3 is 0 Å². The largest absolute Gasteiger partial charge is 0.491 e. The minimum absolute atomic E-state index is 1.17. The van der Waals surface area contributed by atoms with E-state index in [9.17, 15) is 0 Å². The van der Waals surface area contributed by atoms with Crippen molar-refractivity contribution >= 4 is 8.69 Å². The van der Waals surface area contributed by atoms with E-state index in [0.717, 1.165) is 0 Å². The molecular formula is C6H8O2P+. The smallest absolute Gasteiger partial charge is 0.162 e. The van der Waals surface area contributed by atoms with Crippen molar-refractivity contribution in [3.63, 3.8) is 0 Å². The number of hydrogen-bond donors (Lipinski definition) is 1. The summed E-state index contributed by atoms with van der Waals surface area (Å²) in [6.45, 7) is 0. The molecule has 1 aromatic rings. The normalized spacial score (nSPS) is 7.67. The summed E-state index contributed by atoms with van der Waals surface area (Å²) >= 11 is 0. The van der Waals surface area contributed by atoms with E-state index in [4.69, 9.17) is 9.46 Å². The maximum Gasteiger partial charge on any atom is 0.491 e. The van der Waals surface area contributed by atoms with E-state index in [1.54, 1.807) is 0 Å². The average Bonchev–Trinajstić information content (AvgIpc) is 1.93. The standard InChI is InChI=1S/C6H6.HO2P/c1-2-4-6-5-3-1;1-3-2/h1-6H;3H/p+1. The van der Waals surface area contributed by atoms with Crippen LogP contribution in [0, 0.1) is 0 Å². The van der Waals surface area contributed by atoms with Crippen molar-refractivity contribution in [3.8, 4) is 0 Å². The monoisotopic (exact) mass is 143 g/mol. The second kappa shape index (κ2) is 7.28. The molecule has 48 valence electrons. The third-order valence-corrected chi connectivity index (χ3v) is 0.667. The van der Waals surface area contributed by atoms with Gasteiger partial charge in [0, 0.05) is 0 Å². The van der Waals surface area contributed by atoms with Crippen LogP contribution in [-0.4, -0.2) is 4.89 Å². The van der Waals surface area contributed by atoms with Gasteiger partial charge in [-0.2, -0.15) is 4.89 Å². The Balaban J connectivity index is 0.000000187. The van der Waals surface area contributed by atoms with Crippen LogP contribution in [0.3, 0.4) is 0 Å². The summed E-state index contributed by atoms with van der Waals surface area (Å²) in [6, 6.07) is 12.0. The van der Waals surface area contributed by atoms with E-state index in [-0.39, 0.29) is 0 Å². The van der Waals surface area contributed by atoms with Gasteiger partial charge in [-0.15, -0.1) is 0 Å². The van der Waals surface area contributed by atoms with Gasteiger partial charge in [-0.3, -0.25) is 0 Å². The zero-order valence-electron chi connectivity index (χ0n) is 4.82. The average molecular weight is 143 g/mol. The first-order chi connectivity index (χ1) is 4.41. The number of benzene rings is 1. The second-order valence-electron chi connectivity index (χ2n) is 1.25. The van der Waals surface area contributed by atoms with E-state index in [0.29, 0.717) is 0 Å². The summed E-state index contributed by atoms with van der Waals surface area (Å²) in [7, 11) is -1.17. The fraction of sp³-hybridized carbons (Fsp3) is 0. The Kier molecular flexibility index (Phi) is 6.70. The minimum Gasteiger partial charge on any atom is -0.162 e. The molecule has 2 nitrogen and oxygen atoms in total. The Morgan fingerprint density at radius 3 is 1.11 bits per heavy atom. The molecular weight excluding hydrogens is 135 g/mol. The van der Waals surface area contributed by atoms with Crippen molar-refractivity contribution in [2.75, 3.05) is 0 Å². The SMILES string of the molecule is O=[PH+]O.c1ccccc1. The lowest BCUT2D eigenvalue weighted by Crippen LogP contribution is -1.47. The third kappa shape index (κ3) is 7.28. The Labute approximate surface area is 55.4 Å². The predicted octanol–water partition coefficient (Wildman–Crippen LogP) is 1.60. The maximum atomic E-state index is 8.51. The molecule has 0 heterocycles. The molecule has 1 atom stereocenters. The van der Waals surface area contributed by atoms with Crippen molar-refractivity contribution in [1.82, 2.24) is 0 Å². The quantitative estimate of drug-likeness (QED) is 0.560. The summed E-state index contributed by atoms with van der Waals surface area (Å²) in [4.78, 5) is 7.04. The molecule has 0 amide bonds. The van der Waals surface area contributed by atoms with Gasteiger partial charge in [0.25, 0.3) is 0 Å². The lowest BCUT2D eigenvalue weighted by atomic mass is 10.4. The highest BCUT2D eigenvalue weighted by Crippen LogP contribution is 1.79. The van der Waals surface area contributed by atoms with Gasteiger partial charge in [0.15, 0.2) is 0 Å². The highest BCUT2D eigenvalue weighted by Gasteiger charge is 1.57. The van der Waals surface area contributed by atoms with Crippen molar-refractivity contribution in [2.45, 2.75) is 0 Å².